The molecule has 0 atom stereocenters. The summed E-state index contributed by atoms with van der Waals surface area (Å²) < 4.78 is 10.6. The highest BCUT2D eigenvalue weighted by atomic mass is 16.5. The van der Waals surface area contributed by atoms with E-state index in [1.165, 1.54) is 23.1 Å². The summed E-state index contributed by atoms with van der Waals surface area (Å²) in [5.74, 6) is -0.872. The maximum absolute atomic E-state index is 11.8. The van der Waals surface area contributed by atoms with Gasteiger partial charge in [-0.25, -0.2) is 0 Å². The van der Waals surface area contributed by atoms with E-state index in [2.05, 4.69) is 6.58 Å². The second-order valence-electron chi connectivity index (χ2n) is 10.4. The summed E-state index contributed by atoms with van der Waals surface area (Å²) in [6.45, 7) is 5.81. The second-order valence-corrected chi connectivity index (χ2v) is 10.4. The van der Waals surface area contributed by atoms with Gasteiger partial charge < -0.3 is 14.4 Å². The third-order valence-corrected chi connectivity index (χ3v) is 7.02. The number of imide groups is 1. The molecule has 2 aliphatic rings. The Labute approximate surface area is 238 Å². The molecule has 3 amide bonds. The first-order valence-corrected chi connectivity index (χ1v) is 14.9. The number of nitrogens with zero attached hydrogens (tertiary/aromatic N) is 2. The van der Waals surface area contributed by atoms with Crippen LogP contribution >= 0.6 is 0 Å². The summed E-state index contributed by atoms with van der Waals surface area (Å²) >= 11 is 0. The topological polar surface area (TPSA) is 110 Å². The van der Waals surface area contributed by atoms with E-state index in [0.717, 1.165) is 82.7 Å². The van der Waals surface area contributed by atoms with Crippen molar-refractivity contribution in [2.75, 3.05) is 26.3 Å². The summed E-state index contributed by atoms with van der Waals surface area (Å²) in [6.07, 6.45) is 19.7. The van der Waals surface area contributed by atoms with Gasteiger partial charge in [0, 0.05) is 49.9 Å². The zero-order valence-corrected chi connectivity index (χ0v) is 23.9. The predicted octanol–water partition coefficient (Wildman–Crippen LogP) is 5.15. The first-order valence-electron chi connectivity index (χ1n) is 14.9. The van der Waals surface area contributed by atoms with Gasteiger partial charge in [0.15, 0.2) is 0 Å². The van der Waals surface area contributed by atoms with Crippen LogP contribution in [-0.2, 0) is 33.4 Å². The molecule has 0 aromatic rings. The molecule has 0 fully saturated rings. The highest BCUT2D eigenvalue weighted by molar-refractivity contribution is 6.12. The maximum atomic E-state index is 11.8. The highest BCUT2D eigenvalue weighted by Gasteiger charge is 2.22. The van der Waals surface area contributed by atoms with Crippen LogP contribution < -0.4 is 0 Å². The Morgan fingerprint density at radius 3 is 1.35 bits per heavy atom. The molecule has 0 bridgehead atoms. The third kappa shape index (κ3) is 13.7. The van der Waals surface area contributed by atoms with Gasteiger partial charge in [0.2, 0.25) is 0 Å². The number of hydrogen-bond acceptors (Lipinski definition) is 7. The molecule has 2 aliphatic heterocycles. The molecule has 0 aromatic carbocycles. The molecule has 9 heteroatoms. The van der Waals surface area contributed by atoms with E-state index in [9.17, 15) is 24.0 Å². The van der Waals surface area contributed by atoms with Crippen molar-refractivity contribution in [3.8, 4) is 0 Å². The Hall–Kier alpha value is -3.23. The van der Waals surface area contributed by atoms with Crippen molar-refractivity contribution in [2.24, 2.45) is 0 Å². The van der Waals surface area contributed by atoms with Crippen LogP contribution in [0.3, 0.4) is 0 Å². The molecule has 0 aromatic heterocycles. The van der Waals surface area contributed by atoms with Crippen molar-refractivity contribution in [1.82, 2.24) is 9.80 Å². The minimum Gasteiger partial charge on any atom is -0.466 e. The van der Waals surface area contributed by atoms with Crippen LogP contribution in [0.2, 0.25) is 0 Å². The van der Waals surface area contributed by atoms with E-state index >= 15 is 0 Å². The average Bonchev–Trinajstić information content (AvgIpc) is 3.43. The Morgan fingerprint density at radius 1 is 0.525 bits per heavy atom. The zero-order chi connectivity index (χ0) is 29.0. The molecule has 0 saturated carbocycles. The fourth-order valence-electron chi connectivity index (χ4n) is 4.61. The number of amides is 3. The van der Waals surface area contributed by atoms with E-state index in [-0.39, 0.29) is 29.7 Å². The number of esters is 2. The minimum absolute atomic E-state index is 0.0176. The normalized spacial score (nSPS) is 14.6. The SMILES string of the molecule is C=C1C=CC(=O)N1CCCCCC(=O)OCCCCCCCCCCOC(=O)CCCCCN1C(=O)C=CC1=O. The lowest BCUT2D eigenvalue weighted by Crippen LogP contribution is -2.30. The molecule has 2 rings (SSSR count). The lowest BCUT2D eigenvalue weighted by Gasteiger charge is -2.16. The van der Waals surface area contributed by atoms with Gasteiger partial charge in [-0.1, -0.05) is 57.9 Å². The first kappa shape index (κ1) is 33.0. The summed E-state index contributed by atoms with van der Waals surface area (Å²) in [4.78, 5) is 61.1. The van der Waals surface area contributed by atoms with Gasteiger partial charge in [-0.3, -0.25) is 28.9 Å². The molecule has 40 heavy (non-hydrogen) atoms. The number of hydrogen-bond donors (Lipinski definition) is 0. The standard InChI is InChI=1S/C31H46N2O7/c1-26-18-19-27(34)32(26)22-12-8-10-16-30(37)39-24-14-6-4-2-3-5-7-15-25-40-31(38)17-11-9-13-23-33-28(35)20-21-29(33)36/h18-21H,1-17,22-25H2. The van der Waals surface area contributed by atoms with Crippen LogP contribution in [0.4, 0.5) is 0 Å². The van der Waals surface area contributed by atoms with Gasteiger partial charge in [-0.15, -0.1) is 0 Å². The third-order valence-electron chi connectivity index (χ3n) is 7.02. The maximum Gasteiger partial charge on any atom is 0.305 e. The van der Waals surface area contributed by atoms with E-state index in [1.807, 2.05) is 0 Å². The van der Waals surface area contributed by atoms with Gasteiger partial charge in [-0.05, 0) is 44.6 Å². The number of ether oxygens (including phenoxy) is 2. The van der Waals surface area contributed by atoms with Crippen LogP contribution in [-0.4, -0.2) is 65.8 Å². The minimum atomic E-state index is -0.263. The molecule has 0 unspecified atom stereocenters. The fraction of sp³-hybridized carbons (Fsp3) is 0.645. The molecule has 2 heterocycles. The Kier molecular flexibility index (Phi) is 16.3. The second kappa shape index (κ2) is 19.8. The van der Waals surface area contributed by atoms with E-state index < -0.39 is 0 Å². The molecule has 9 nitrogen and oxygen atoms in total. The Bertz CT molecular complexity index is 815. The quantitative estimate of drug-likeness (QED) is 0.0969. The molecular weight excluding hydrogens is 512 g/mol. The summed E-state index contributed by atoms with van der Waals surface area (Å²) in [5.41, 5.74) is 0.732. The molecule has 0 saturated heterocycles. The van der Waals surface area contributed by atoms with E-state index in [4.69, 9.17) is 9.47 Å². The summed E-state index contributed by atoms with van der Waals surface area (Å²) in [5, 5.41) is 0. The zero-order valence-electron chi connectivity index (χ0n) is 23.9. The Balaban J connectivity index is 1.26. The van der Waals surface area contributed by atoms with Crippen LogP contribution in [0.15, 0.2) is 36.6 Å². The fourth-order valence-corrected chi connectivity index (χ4v) is 4.61. The van der Waals surface area contributed by atoms with E-state index in [0.29, 0.717) is 52.0 Å². The Morgan fingerprint density at radius 2 is 0.900 bits per heavy atom. The molecule has 0 N–H and O–H groups in total. The van der Waals surface area contributed by atoms with Crippen molar-refractivity contribution in [2.45, 2.75) is 103 Å². The first-order chi connectivity index (χ1) is 19.4. The number of carbonyl (C=O) groups excluding carboxylic acids is 5. The summed E-state index contributed by atoms with van der Waals surface area (Å²) in [6, 6.07) is 0. The molecule has 222 valence electrons. The van der Waals surface area contributed by atoms with Crippen molar-refractivity contribution < 1.29 is 33.4 Å². The number of unbranched alkanes of at least 4 members (excludes halogenated alkanes) is 11. The lowest BCUT2D eigenvalue weighted by molar-refractivity contribution is -0.144. The summed E-state index contributed by atoms with van der Waals surface area (Å²) in [7, 11) is 0. The van der Waals surface area contributed by atoms with Gasteiger partial charge in [-0.2, -0.15) is 0 Å². The van der Waals surface area contributed by atoms with Crippen molar-refractivity contribution in [1.29, 1.82) is 0 Å². The highest BCUT2D eigenvalue weighted by Crippen LogP contribution is 2.15. The molecule has 0 spiro atoms. The molecular formula is C31H46N2O7. The van der Waals surface area contributed by atoms with Gasteiger partial charge in [0.05, 0.1) is 13.2 Å². The monoisotopic (exact) mass is 558 g/mol. The van der Waals surface area contributed by atoms with Crippen molar-refractivity contribution in [3.05, 3.63) is 36.6 Å². The lowest BCUT2D eigenvalue weighted by atomic mass is 10.1. The van der Waals surface area contributed by atoms with Crippen LogP contribution in [0.1, 0.15) is 103 Å². The van der Waals surface area contributed by atoms with Crippen molar-refractivity contribution >= 4 is 29.7 Å². The van der Waals surface area contributed by atoms with Gasteiger partial charge in [0.1, 0.15) is 0 Å². The van der Waals surface area contributed by atoms with Gasteiger partial charge >= 0.3 is 11.9 Å². The largest absolute Gasteiger partial charge is 0.466 e. The smallest absolute Gasteiger partial charge is 0.305 e. The van der Waals surface area contributed by atoms with Crippen LogP contribution in [0, 0.1) is 0 Å². The number of rotatable bonds is 23. The molecule has 0 radical (unpaired) electrons. The van der Waals surface area contributed by atoms with E-state index in [1.54, 1.807) is 11.0 Å². The number of carbonyl (C=O) groups is 5. The number of allylic oxidation sites excluding steroid dienone is 1. The van der Waals surface area contributed by atoms with Crippen molar-refractivity contribution in [3.63, 3.8) is 0 Å². The van der Waals surface area contributed by atoms with Crippen LogP contribution in [0.25, 0.3) is 0 Å². The molecule has 0 aliphatic carbocycles. The average molecular weight is 559 g/mol. The predicted molar refractivity (Wildman–Crippen MR) is 152 cm³/mol. The van der Waals surface area contributed by atoms with Crippen LogP contribution in [0.5, 0.6) is 0 Å². The van der Waals surface area contributed by atoms with Gasteiger partial charge in [0.25, 0.3) is 17.7 Å².